The second-order valence-corrected chi connectivity index (χ2v) is 10.6. The summed E-state index contributed by atoms with van der Waals surface area (Å²) in [6.07, 6.45) is 5.85. The number of aromatic nitrogens is 3. The van der Waals surface area contributed by atoms with Gasteiger partial charge in [0.25, 0.3) is 0 Å². The predicted octanol–water partition coefficient (Wildman–Crippen LogP) is 8.79. The maximum Gasteiger partial charge on any atom is 0.335 e. The van der Waals surface area contributed by atoms with Crippen molar-refractivity contribution in [3.8, 4) is 33.8 Å². The summed E-state index contributed by atoms with van der Waals surface area (Å²) >= 11 is 0. The van der Waals surface area contributed by atoms with Gasteiger partial charge in [-0.1, -0.05) is 92.1 Å². The molecule has 0 bridgehead atoms. The van der Waals surface area contributed by atoms with Crippen LogP contribution in [-0.4, -0.2) is 25.6 Å². The molecular formula is C35H29N3O2. The molecule has 1 aliphatic carbocycles. The van der Waals surface area contributed by atoms with Crippen molar-refractivity contribution in [1.29, 1.82) is 0 Å². The average Bonchev–Trinajstić information content (AvgIpc) is 3.40. The van der Waals surface area contributed by atoms with Crippen molar-refractivity contribution in [2.24, 2.45) is 0 Å². The molecular weight excluding hydrogens is 494 g/mol. The lowest BCUT2D eigenvalue weighted by molar-refractivity contribution is 0.0697. The Morgan fingerprint density at radius 1 is 0.700 bits per heavy atom. The molecule has 0 atom stereocenters. The van der Waals surface area contributed by atoms with Crippen molar-refractivity contribution in [3.05, 3.63) is 109 Å². The van der Waals surface area contributed by atoms with Gasteiger partial charge in [0, 0.05) is 28.1 Å². The molecule has 196 valence electrons. The third-order valence-electron chi connectivity index (χ3n) is 8.08. The third kappa shape index (κ3) is 4.34. The highest BCUT2D eigenvalue weighted by molar-refractivity contribution is 5.95. The van der Waals surface area contributed by atoms with E-state index in [-0.39, 0.29) is 5.56 Å². The minimum absolute atomic E-state index is 0.258. The summed E-state index contributed by atoms with van der Waals surface area (Å²) in [5.41, 5.74) is 8.12. The average molecular weight is 524 g/mol. The van der Waals surface area contributed by atoms with E-state index in [1.165, 1.54) is 19.3 Å². The molecule has 0 amide bonds. The molecule has 2 aromatic heterocycles. The number of rotatable bonds is 5. The molecule has 1 N–H and O–H groups in total. The van der Waals surface area contributed by atoms with Crippen LogP contribution in [0.2, 0.25) is 0 Å². The molecule has 6 aromatic rings. The number of hydrogen-bond donors (Lipinski definition) is 1. The van der Waals surface area contributed by atoms with Crippen LogP contribution in [0.15, 0.2) is 103 Å². The predicted molar refractivity (Wildman–Crippen MR) is 160 cm³/mol. The molecule has 0 radical (unpaired) electrons. The van der Waals surface area contributed by atoms with Gasteiger partial charge in [-0.25, -0.2) is 14.8 Å². The monoisotopic (exact) mass is 523 g/mol. The number of carboxylic acid groups (broad SMARTS) is 1. The summed E-state index contributed by atoms with van der Waals surface area (Å²) in [4.78, 5) is 21.9. The maximum atomic E-state index is 11.7. The van der Waals surface area contributed by atoms with Crippen LogP contribution in [0.25, 0.3) is 55.7 Å². The first-order valence-corrected chi connectivity index (χ1v) is 14.0. The minimum atomic E-state index is -0.937. The second kappa shape index (κ2) is 10.1. The molecule has 0 unspecified atom stereocenters. The molecule has 40 heavy (non-hydrogen) atoms. The van der Waals surface area contributed by atoms with E-state index < -0.39 is 5.97 Å². The van der Waals surface area contributed by atoms with Crippen LogP contribution in [0, 0.1) is 0 Å². The smallest absolute Gasteiger partial charge is 0.335 e. The lowest BCUT2D eigenvalue weighted by Gasteiger charge is -2.25. The topological polar surface area (TPSA) is 68.0 Å². The van der Waals surface area contributed by atoms with E-state index in [2.05, 4.69) is 65.2 Å². The number of imidazole rings is 1. The zero-order valence-electron chi connectivity index (χ0n) is 22.1. The van der Waals surface area contributed by atoms with Crippen molar-refractivity contribution >= 4 is 27.9 Å². The Labute approximate surface area is 232 Å². The van der Waals surface area contributed by atoms with E-state index in [4.69, 9.17) is 9.97 Å². The van der Waals surface area contributed by atoms with Crippen LogP contribution in [0.4, 0.5) is 0 Å². The van der Waals surface area contributed by atoms with E-state index in [9.17, 15) is 9.90 Å². The summed E-state index contributed by atoms with van der Waals surface area (Å²) in [5.74, 6) is -0.0604. The summed E-state index contributed by atoms with van der Waals surface area (Å²) < 4.78 is 2.34. The van der Waals surface area contributed by atoms with Gasteiger partial charge in [0.05, 0.1) is 27.8 Å². The number of carbonyl (C=O) groups is 1. The van der Waals surface area contributed by atoms with Crippen molar-refractivity contribution < 1.29 is 9.90 Å². The molecule has 5 heteroatoms. The van der Waals surface area contributed by atoms with Gasteiger partial charge < -0.3 is 9.67 Å². The molecule has 7 rings (SSSR count). The van der Waals surface area contributed by atoms with Gasteiger partial charge in [0.1, 0.15) is 5.82 Å². The van der Waals surface area contributed by atoms with Gasteiger partial charge in [-0.05, 0) is 48.7 Å². The first-order chi connectivity index (χ1) is 19.7. The molecule has 0 spiro atoms. The van der Waals surface area contributed by atoms with Crippen molar-refractivity contribution in [3.63, 3.8) is 0 Å². The fourth-order valence-electron chi connectivity index (χ4n) is 6.10. The standard InChI is InChI=1S/C35H29N3O2/c39-35(40)27-18-19-32-31(22-27)37-34(38(32)28-14-8-3-9-15-28)26-17-16-25-20-29(23-10-4-1-5-11-23)33(36-30(25)21-26)24-12-6-2-7-13-24/h1-2,4-7,10-13,16-22,28H,3,8-9,14-15H2,(H,39,40). The van der Waals surface area contributed by atoms with Crippen LogP contribution in [0.1, 0.15) is 48.5 Å². The molecule has 0 aliphatic heterocycles. The Morgan fingerprint density at radius 2 is 1.43 bits per heavy atom. The quantitative estimate of drug-likeness (QED) is 0.245. The summed E-state index contributed by atoms with van der Waals surface area (Å²) in [5, 5.41) is 10.7. The highest BCUT2D eigenvalue weighted by atomic mass is 16.4. The zero-order valence-corrected chi connectivity index (χ0v) is 22.1. The van der Waals surface area contributed by atoms with Crippen LogP contribution >= 0.6 is 0 Å². The number of nitrogens with zero attached hydrogens (tertiary/aromatic N) is 3. The lowest BCUT2D eigenvalue weighted by Crippen LogP contribution is -2.14. The number of pyridine rings is 1. The van der Waals surface area contributed by atoms with Crippen LogP contribution in [-0.2, 0) is 0 Å². The van der Waals surface area contributed by atoms with Gasteiger partial charge in [-0.3, -0.25) is 0 Å². The van der Waals surface area contributed by atoms with Gasteiger partial charge in [0.15, 0.2) is 0 Å². The fraction of sp³-hybridized carbons (Fsp3) is 0.171. The molecule has 2 heterocycles. The zero-order chi connectivity index (χ0) is 27.1. The first kappa shape index (κ1) is 24.3. The Morgan fingerprint density at radius 3 is 2.15 bits per heavy atom. The number of benzene rings is 4. The van der Waals surface area contributed by atoms with Crippen LogP contribution in [0.5, 0.6) is 0 Å². The van der Waals surface area contributed by atoms with Crippen molar-refractivity contribution in [1.82, 2.24) is 14.5 Å². The molecule has 1 aliphatic rings. The maximum absolute atomic E-state index is 11.7. The number of fused-ring (bicyclic) bond motifs is 2. The van der Waals surface area contributed by atoms with Gasteiger partial charge in [0.2, 0.25) is 0 Å². The summed E-state index contributed by atoms with van der Waals surface area (Å²) in [6.45, 7) is 0. The van der Waals surface area contributed by atoms with Gasteiger partial charge in [-0.2, -0.15) is 0 Å². The van der Waals surface area contributed by atoms with Gasteiger partial charge >= 0.3 is 5.97 Å². The molecule has 4 aromatic carbocycles. The van der Waals surface area contributed by atoms with Gasteiger partial charge in [-0.15, -0.1) is 0 Å². The number of aromatic carboxylic acids is 1. The Bertz CT molecular complexity index is 1850. The summed E-state index contributed by atoms with van der Waals surface area (Å²) in [7, 11) is 0. The van der Waals surface area contributed by atoms with Crippen molar-refractivity contribution in [2.75, 3.05) is 0 Å². The molecule has 1 fully saturated rings. The molecule has 1 saturated carbocycles. The van der Waals surface area contributed by atoms with E-state index >= 15 is 0 Å². The minimum Gasteiger partial charge on any atom is -0.478 e. The van der Waals surface area contributed by atoms with Crippen LogP contribution in [0.3, 0.4) is 0 Å². The molecule has 0 saturated heterocycles. The summed E-state index contributed by atoms with van der Waals surface area (Å²) in [6, 6.07) is 35.0. The SMILES string of the molecule is O=C(O)c1ccc2c(c1)nc(-c1ccc3cc(-c4ccccc4)c(-c4ccccc4)nc3c1)n2C1CCCCC1. The highest BCUT2D eigenvalue weighted by Gasteiger charge is 2.23. The van der Waals surface area contributed by atoms with Crippen molar-refractivity contribution in [2.45, 2.75) is 38.1 Å². The Balaban J connectivity index is 1.43. The van der Waals surface area contributed by atoms with E-state index in [0.717, 1.165) is 68.6 Å². The Kier molecular flexibility index (Phi) is 6.12. The van der Waals surface area contributed by atoms with E-state index in [0.29, 0.717) is 6.04 Å². The van der Waals surface area contributed by atoms with E-state index in [1.807, 2.05) is 30.3 Å². The second-order valence-electron chi connectivity index (χ2n) is 10.6. The highest BCUT2D eigenvalue weighted by Crippen LogP contribution is 2.38. The first-order valence-electron chi connectivity index (χ1n) is 14.0. The lowest BCUT2D eigenvalue weighted by atomic mass is 9.94. The van der Waals surface area contributed by atoms with Crippen LogP contribution < -0.4 is 0 Å². The fourth-order valence-corrected chi connectivity index (χ4v) is 6.10. The van der Waals surface area contributed by atoms with E-state index in [1.54, 1.807) is 12.1 Å². The normalized spacial score (nSPS) is 14.1. The Hall–Kier alpha value is -4.77. The largest absolute Gasteiger partial charge is 0.478 e. The third-order valence-corrected chi connectivity index (χ3v) is 8.08. The molecule has 5 nitrogen and oxygen atoms in total. The number of hydrogen-bond acceptors (Lipinski definition) is 3. The number of carboxylic acids is 1.